The summed E-state index contributed by atoms with van der Waals surface area (Å²) in [5.41, 5.74) is 4.67. The average Bonchev–Trinajstić information content (AvgIpc) is 2.97. The molecule has 0 radical (unpaired) electrons. The number of hydrogen-bond acceptors (Lipinski definition) is 3. The number of halogens is 1. The first-order valence-corrected chi connectivity index (χ1v) is 8.43. The summed E-state index contributed by atoms with van der Waals surface area (Å²) >= 11 is 0. The highest BCUT2D eigenvalue weighted by atomic mass is 19.1. The van der Waals surface area contributed by atoms with Gasteiger partial charge < -0.3 is 5.32 Å². The van der Waals surface area contributed by atoms with Crippen molar-refractivity contribution in [3.05, 3.63) is 76.4 Å². The van der Waals surface area contributed by atoms with Crippen LogP contribution in [-0.2, 0) is 0 Å². The van der Waals surface area contributed by atoms with Crippen molar-refractivity contribution in [3.8, 4) is 5.69 Å². The molecule has 0 aliphatic heterocycles. The summed E-state index contributed by atoms with van der Waals surface area (Å²) in [6.45, 7) is 7.60. The summed E-state index contributed by atoms with van der Waals surface area (Å²) < 4.78 is 13.0. The van der Waals surface area contributed by atoms with Gasteiger partial charge in [-0.2, -0.15) is 9.90 Å². The molecule has 0 unspecified atom stereocenters. The Morgan fingerprint density at radius 2 is 1.77 bits per heavy atom. The first-order valence-electron chi connectivity index (χ1n) is 8.43. The molecule has 26 heavy (non-hydrogen) atoms. The van der Waals surface area contributed by atoms with Crippen LogP contribution in [0.4, 0.5) is 4.39 Å². The zero-order valence-corrected chi connectivity index (χ0v) is 15.2. The fraction of sp³-hybridized carbons (Fsp3) is 0.250. The van der Waals surface area contributed by atoms with Gasteiger partial charge in [-0.3, -0.25) is 4.79 Å². The van der Waals surface area contributed by atoms with Crippen molar-refractivity contribution in [1.29, 1.82) is 0 Å². The Kier molecular flexibility index (Phi) is 4.84. The van der Waals surface area contributed by atoms with Gasteiger partial charge in [-0.15, -0.1) is 5.10 Å². The Morgan fingerprint density at radius 3 is 2.42 bits per heavy atom. The number of nitrogens with one attached hydrogen (secondary N) is 1. The van der Waals surface area contributed by atoms with E-state index >= 15 is 0 Å². The van der Waals surface area contributed by atoms with Crippen LogP contribution in [0, 0.1) is 26.6 Å². The molecule has 0 aliphatic rings. The zero-order chi connectivity index (χ0) is 18.8. The summed E-state index contributed by atoms with van der Waals surface area (Å²) in [6, 6.07) is 11.8. The van der Waals surface area contributed by atoms with Gasteiger partial charge in [0.2, 0.25) is 0 Å². The Bertz CT molecular complexity index is 947. The minimum atomic E-state index is -0.310. The molecule has 3 rings (SSSR count). The third-order valence-electron chi connectivity index (χ3n) is 4.28. The molecular formula is C20H21FN4O. The lowest BCUT2D eigenvalue weighted by molar-refractivity contribution is 0.0934. The number of aromatic nitrogens is 3. The number of hydrogen-bond donors (Lipinski definition) is 1. The summed E-state index contributed by atoms with van der Waals surface area (Å²) in [5.74, 6) is -0.616. The van der Waals surface area contributed by atoms with E-state index in [1.165, 1.54) is 16.9 Å². The first kappa shape index (κ1) is 17.8. The third kappa shape index (κ3) is 3.64. The maximum absolute atomic E-state index is 13.0. The minimum absolute atomic E-state index is 0.270. The lowest BCUT2D eigenvalue weighted by atomic mass is 10.1. The van der Waals surface area contributed by atoms with E-state index in [2.05, 4.69) is 15.5 Å². The Labute approximate surface area is 151 Å². The number of nitrogens with zero attached hydrogens (tertiary/aromatic N) is 3. The van der Waals surface area contributed by atoms with Crippen molar-refractivity contribution in [1.82, 2.24) is 20.3 Å². The van der Waals surface area contributed by atoms with E-state index in [-0.39, 0.29) is 23.5 Å². The van der Waals surface area contributed by atoms with Crippen LogP contribution in [0.25, 0.3) is 5.69 Å². The van der Waals surface area contributed by atoms with Crippen molar-refractivity contribution in [3.63, 3.8) is 0 Å². The molecule has 0 spiro atoms. The highest BCUT2D eigenvalue weighted by Crippen LogP contribution is 2.17. The van der Waals surface area contributed by atoms with Gasteiger partial charge in [-0.25, -0.2) is 4.39 Å². The molecule has 1 atom stereocenters. The van der Waals surface area contributed by atoms with Crippen molar-refractivity contribution >= 4 is 5.91 Å². The van der Waals surface area contributed by atoms with E-state index in [1.807, 2.05) is 39.0 Å². The van der Waals surface area contributed by atoms with Gasteiger partial charge in [0.25, 0.3) is 5.91 Å². The normalized spacial score (nSPS) is 12.0. The monoisotopic (exact) mass is 352 g/mol. The molecule has 1 amide bonds. The quantitative estimate of drug-likeness (QED) is 0.776. The van der Waals surface area contributed by atoms with E-state index in [4.69, 9.17) is 0 Å². The number of carbonyl (C=O) groups excluding carboxylic acids is 1. The number of rotatable bonds is 4. The van der Waals surface area contributed by atoms with Crippen molar-refractivity contribution in [2.45, 2.75) is 33.7 Å². The molecule has 0 aliphatic carbocycles. The largest absolute Gasteiger partial charge is 0.344 e. The molecule has 0 bridgehead atoms. The van der Waals surface area contributed by atoms with Gasteiger partial charge in [0, 0.05) is 0 Å². The number of benzene rings is 2. The Hall–Kier alpha value is -3.02. The molecule has 0 fully saturated rings. The molecule has 0 saturated heterocycles. The molecule has 134 valence electrons. The topological polar surface area (TPSA) is 59.8 Å². The zero-order valence-electron chi connectivity index (χ0n) is 15.2. The second-order valence-electron chi connectivity index (χ2n) is 6.46. The second kappa shape index (κ2) is 7.07. The van der Waals surface area contributed by atoms with Crippen molar-refractivity contribution in [2.75, 3.05) is 0 Å². The second-order valence-corrected chi connectivity index (χ2v) is 6.46. The fourth-order valence-electron chi connectivity index (χ4n) is 2.83. The van der Waals surface area contributed by atoms with Crippen LogP contribution in [0.15, 0.2) is 42.5 Å². The van der Waals surface area contributed by atoms with Crippen LogP contribution in [0.5, 0.6) is 0 Å². The van der Waals surface area contributed by atoms with E-state index in [0.29, 0.717) is 5.69 Å². The van der Waals surface area contributed by atoms with Gasteiger partial charge in [-0.05, 0) is 57.0 Å². The lowest BCUT2D eigenvalue weighted by Gasteiger charge is -2.13. The molecule has 5 nitrogen and oxygen atoms in total. The fourth-order valence-corrected chi connectivity index (χ4v) is 2.83. The van der Waals surface area contributed by atoms with E-state index in [0.717, 1.165) is 22.4 Å². The predicted octanol–water partition coefficient (Wildman–Crippen LogP) is 3.82. The Balaban J connectivity index is 1.82. The van der Waals surface area contributed by atoms with E-state index in [1.54, 1.807) is 19.1 Å². The average molecular weight is 352 g/mol. The molecule has 1 heterocycles. The van der Waals surface area contributed by atoms with Gasteiger partial charge in [0.05, 0.1) is 17.4 Å². The van der Waals surface area contributed by atoms with Gasteiger partial charge in [-0.1, -0.05) is 29.8 Å². The summed E-state index contributed by atoms with van der Waals surface area (Å²) in [5, 5.41) is 11.6. The standard InChI is InChI=1S/C20H21FN4O/c1-12-5-10-18(13(2)11-12)25-23-15(4)19(24-25)20(26)22-14(3)16-6-8-17(21)9-7-16/h5-11,14H,1-4H3,(H,22,26)/t14-/m0/s1. The van der Waals surface area contributed by atoms with Crippen LogP contribution >= 0.6 is 0 Å². The van der Waals surface area contributed by atoms with Gasteiger partial charge >= 0.3 is 0 Å². The van der Waals surface area contributed by atoms with Crippen molar-refractivity contribution < 1.29 is 9.18 Å². The van der Waals surface area contributed by atoms with E-state index in [9.17, 15) is 9.18 Å². The summed E-state index contributed by atoms with van der Waals surface area (Å²) in [4.78, 5) is 14.1. The molecule has 3 aromatic rings. The first-order chi connectivity index (χ1) is 12.3. The molecule has 1 aromatic heterocycles. The van der Waals surface area contributed by atoms with Crippen LogP contribution in [-0.4, -0.2) is 20.9 Å². The SMILES string of the molecule is Cc1ccc(-n2nc(C)c(C(=O)N[C@@H](C)c3ccc(F)cc3)n2)c(C)c1. The molecule has 2 aromatic carbocycles. The molecule has 1 N–H and O–H groups in total. The maximum Gasteiger partial charge on any atom is 0.274 e. The number of amides is 1. The highest BCUT2D eigenvalue weighted by molar-refractivity contribution is 5.93. The third-order valence-corrected chi connectivity index (χ3v) is 4.28. The van der Waals surface area contributed by atoms with Crippen LogP contribution in [0.2, 0.25) is 0 Å². The highest BCUT2D eigenvalue weighted by Gasteiger charge is 2.19. The molecule has 0 saturated carbocycles. The molecular weight excluding hydrogens is 331 g/mol. The predicted molar refractivity (Wildman–Crippen MR) is 97.9 cm³/mol. The number of carbonyl (C=O) groups is 1. The Morgan fingerprint density at radius 1 is 1.08 bits per heavy atom. The van der Waals surface area contributed by atoms with E-state index < -0.39 is 0 Å². The van der Waals surface area contributed by atoms with Crippen LogP contribution in [0.1, 0.15) is 45.8 Å². The maximum atomic E-state index is 13.0. The van der Waals surface area contributed by atoms with Gasteiger partial charge in [0.1, 0.15) is 5.82 Å². The lowest BCUT2D eigenvalue weighted by Crippen LogP contribution is -2.27. The van der Waals surface area contributed by atoms with Crippen LogP contribution < -0.4 is 5.32 Å². The van der Waals surface area contributed by atoms with Gasteiger partial charge in [0.15, 0.2) is 5.69 Å². The van der Waals surface area contributed by atoms with Crippen LogP contribution in [0.3, 0.4) is 0 Å². The smallest absolute Gasteiger partial charge is 0.274 e. The minimum Gasteiger partial charge on any atom is -0.344 e. The number of aryl methyl sites for hydroxylation is 3. The summed E-state index contributed by atoms with van der Waals surface area (Å²) in [6.07, 6.45) is 0. The van der Waals surface area contributed by atoms with Crippen molar-refractivity contribution in [2.24, 2.45) is 0 Å². The summed E-state index contributed by atoms with van der Waals surface area (Å²) in [7, 11) is 0. The molecule has 6 heteroatoms.